The Hall–Kier alpha value is -5.12. The van der Waals surface area contributed by atoms with E-state index in [1.54, 1.807) is 30.3 Å². The monoisotopic (exact) mass is 499 g/mol. The van der Waals surface area contributed by atoms with E-state index in [1.165, 1.54) is 50.2 Å². The predicted octanol–water partition coefficient (Wildman–Crippen LogP) is 3.44. The van der Waals surface area contributed by atoms with E-state index in [4.69, 9.17) is 4.74 Å². The number of nitrogens with zero attached hydrogens (tertiary/aromatic N) is 1. The van der Waals surface area contributed by atoms with E-state index in [1.807, 2.05) is 0 Å². The number of hydrogen-bond donors (Lipinski definition) is 2. The van der Waals surface area contributed by atoms with Crippen LogP contribution in [0.3, 0.4) is 0 Å². The zero-order chi connectivity index (χ0) is 26.7. The number of amides is 4. The van der Waals surface area contributed by atoms with Crippen molar-refractivity contribution >= 4 is 52.4 Å². The molecule has 0 saturated carbocycles. The summed E-state index contributed by atoms with van der Waals surface area (Å²) < 4.78 is 5.06. The topological polar surface area (TPSA) is 139 Å². The molecule has 4 amide bonds. The first-order chi connectivity index (χ1) is 17.6. The molecule has 0 fully saturated rings. The van der Waals surface area contributed by atoms with Gasteiger partial charge in [0, 0.05) is 23.9 Å². The number of imide groups is 1. The molecule has 4 rings (SSSR count). The second-order valence-electron chi connectivity index (χ2n) is 8.20. The minimum Gasteiger partial charge on any atom is -0.452 e. The third kappa shape index (κ3) is 5.43. The number of hydrogen-bond acceptors (Lipinski definition) is 7. The van der Waals surface area contributed by atoms with Crippen molar-refractivity contribution in [2.45, 2.75) is 13.8 Å². The van der Waals surface area contributed by atoms with Gasteiger partial charge in [-0.05, 0) is 61.5 Å². The van der Waals surface area contributed by atoms with E-state index < -0.39 is 30.3 Å². The molecule has 1 aliphatic heterocycles. The number of carbonyl (C=O) groups is 6. The molecule has 186 valence electrons. The average Bonchev–Trinajstić information content (AvgIpc) is 3.12. The molecule has 10 nitrogen and oxygen atoms in total. The van der Waals surface area contributed by atoms with Gasteiger partial charge in [0.15, 0.2) is 12.4 Å². The minimum absolute atomic E-state index is 0.00543. The van der Waals surface area contributed by atoms with Gasteiger partial charge in [-0.25, -0.2) is 9.69 Å². The Kier molecular flexibility index (Phi) is 6.92. The molecule has 3 aromatic carbocycles. The second kappa shape index (κ2) is 10.2. The van der Waals surface area contributed by atoms with E-state index in [-0.39, 0.29) is 28.4 Å². The van der Waals surface area contributed by atoms with E-state index in [2.05, 4.69) is 10.6 Å². The lowest BCUT2D eigenvalue weighted by Gasteiger charge is -2.14. The van der Waals surface area contributed by atoms with Crippen LogP contribution in [0.1, 0.15) is 55.3 Å². The highest BCUT2D eigenvalue weighted by Crippen LogP contribution is 2.30. The number of esters is 1. The average molecular weight is 499 g/mol. The van der Waals surface area contributed by atoms with Gasteiger partial charge in [0.25, 0.3) is 17.7 Å². The Bertz CT molecular complexity index is 1460. The number of carbonyl (C=O) groups excluding carboxylic acids is 6. The maximum Gasteiger partial charge on any atom is 0.338 e. The molecule has 1 aliphatic rings. The van der Waals surface area contributed by atoms with Gasteiger partial charge in [-0.1, -0.05) is 12.1 Å². The fraction of sp³-hybridized carbons (Fsp3) is 0.111. The maximum absolute atomic E-state index is 13.0. The minimum atomic E-state index is -0.853. The Morgan fingerprint density at radius 2 is 1.46 bits per heavy atom. The van der Waals surface area contributed by atoms with Crippen LogP contribution in [-0.2, 0) is 14.3 Å². The smallest absolute Gasteiger partial charge is 0.338 e. The number of ketones is 1. The number of fused-ring (bicyclic) bond motifs is 1. The summed E-state index contributed by atoms with van der Waals surface area (Å²) in [6, 6.07) is 16.4. The molecule has 0 aromatic heterocycles. The molecule has 0 saturated heterocycles. The molecule has 0 aliphatic carbocycles. The fourth-order valence-corrected chi connectivity index (χ4v) is 3.73. The largest absolute Gasteiger partial charge is 0.452 e. The van der Waals surface area contributed by atoms with Crippen LogP contribution in [0.5, 0.6) is 0 Å². The number of benzene rings is 3. The van der Waals surface area contributed by atoms with Gasteiger partial charge in [-0.2, -0.15) is 0 Å². The third-order valence-electron chi connectivity index (χ3n) is 5.46. The molecule has 0 atom stereocenters. The molecular weight excluding hydrogens is 478 g/mol. The van der Waals surface area contributed by atoms with Crippen molar-refractivity contribution < 1.29 is 33.5 Å². The van der Waals surface area contributed by atoms with Crippen molar-refractivity contribution in [2.24, 2.45) is 0 Å². The first-order valence-electron chi connectivity index (χ1n) is 11.1. The Morgan fingerprint density at radius 1 is 0.757 bits per heavy atom. The number of nitrogens with one attached hydrogen (secondary N) is 2. The summed E-state index contributed by atoms with van der Waals surface area (Å²) in [5, 5.41) is 5.14. The van der Waals surface area contributed by atoms with Crippen LogP contribution < -0.4 is 15.5 Å². The summed E-state index contributed by atoms with van der Waals surface area (Å²) in [4.78, 5) is 74.2. The molecule has 0 radical (unpaired) electrons. The van der Waals surface area contributed by atoms with Gasteiger partial charge in [0.1, 0.15) is 0 Å². The highest BCUT2D eigenvalue weighted by molar-refractivity contribution is 6.34. The van der Waals surface area contributed by atoms with E-state index >= 15 is 0 Å². The highest BCUT2D eigenvalue weighted by atomic mass is 16.5. The SMILES string of the molecule is CC(=O)Nc1ccc(N2C(=O)c3ccc(C(=O)OCC(=O)Nc4cccc(C(C)=O)c4)cc3C2=O)cc1. The van der Waals surface area contributed by atoms with Crippen LogP contribution >= 0.6 is 0 Å². The van der Waals surface area contributed by atoms with Crippen molar-refractivity contribution in [3.63, 3.8) is 0 Å². The van der Waals surface area contributed by atoms with Crippen molar-refractivity contribution in [2.75, 3.05) is 22.1 Å². The number of anilines is 3. The third-order valence-corrected chi connectivity index (χ3v) is 5.46. The molecule has 0 bridgehead atoms. The van der Waals surface area contributed by atoms with Gasteiger partial charge in [0.05, 0.1) is 22.4 Å². The predicted molar refractivity (Wildman–Crippen MR) is 134 cm³/mol. The normalized spacial score (nSPS) is 12.1. The molecule has 10 heteroatoms. The maximum atomic E-state index is 13.0. The van der Waals surface area contributed by atoms with Crippen molar-refractivity contribution in [3.05, 3.63) is 89.0 Å². The summed E-state index contributed by atoms with van der Waals surface area (Å²) >= 11 is 0. The summed E-state index contributed by atoms with van der Waals surface area (Å²) in [7, 11) is 0. The van der Waals surface area contributed by atoms with Gasteiger partial charge in [-0.15, -0.1) is 0 Å². The number of Topliss-reactive ketones (excluding diaryl/α,β-unsaturated/α-hetero) is 1. The van der Waals surface area contributed by atoms with Gasteiger partial charge in [-0.3, -0.25) is 24.0 Å². The van der Waals surface area contributed by atoms with Crippen LogP contribution in [0.15, 0.2) is 66.7 Å². The summed E-state index contributed by atoms with van der Waals surface area (Å²) in [5.74, 6) is -3.06. The van der Waals surface area contributed by atoms with E-state index in [9.17, 15) is 28.8 Å². The van der Waals surface area contributed by atoms with Crippen molar-refractivity contribution in [3.8, 4) is 0 Å². The van der Waals surface area contributed by atoms with Gasteiger partial charge < -0.3 is 15.4 Å². The van der Waals surface area contributed by atoms with Crippen molar-refractivity contribution in [1.29, 1.82) is 0 Å². The van der Waals surface area contributed by atoms with Crippen LogP contribution in [0.2, 0.25) is 0 Å². The molecule has 37 heavy (non-hydrogen) atoms. The molecule has 0 unspecified atom stereocenters. The fourth-order valence-electron chi connectivity index (χ4n) is 3.73. The molecule has 0 spiro atoms. The molecule has 3 aromatic rings. The zero-order valence-corrected chi connectivity index (χ0v) is 19.9. The summed E-state index contributed by atoms with van der Waals surface area (Å²) in [6.45, 7) is 2.17. The quantitative estimate of drug-likeness (QED) is 0.288. The van der Waals surface area contributed by atoms with Crippen molar-refractivity contribution in [1.82, 2.24) is 0 Å². The molecular formula is C27H21N3O7. The lowest BCUT2D eigenvalue weighted by atomic mass is 10.1. The lowest BCUT2D eigenvalue weighted by molar-refractivity contribution is -0.119. The first-order valence-corrected chi connectivity index (χ1v) is 11.1. The van der Waals surface area contributed by atoms with Gasteiger partial charge in [0.2, 0.25) is 5.91 Å². The first kappa shape index (κ1) is 25.0. The number of rotatable bonds is 7. The van der Waals surface area contributed by atoms with E-state index in [0.29, 0.717) is 22.6 Å². The summed E-state index contributed by atoms with van der Waals surface area (Å²) in [6.07, 6.45) is 0. The van der Waals surface area contributed by atoms with E-state index in [0.717, 1.165) is 4.90 Å². The Balaban J connectivity index is 1.42. The van der Waals surface area contributed by atoms with Gasteiger partial charge >= 0.3 is 5.97 Å². The Morgan fingerprint density at radius 3 is 2.14 bits per heavy atom. The Labute approximate surface area is 211 Å². The lowest BCUT2D eigenvalue weighted by Crippen LogP contribution is -2.29. The standard InChI is InChI=1S/C27H21N3O7/c1-15(31)17-4-3-5-20(12-17)29-24(33)14-37-27(36)18-6-11-22-23(13-18)26(35)30(25(22)34)21-9-7-19(8-10-21)28-16(2)32/h3-13H,14H2,1-2H3,(H,28,32)(H,29,33). The molecule has 2 N–H and O–H groups in total. The number of ether oxygens (including phenoxy) is 1. The van der Waals surface area contributed by atoms with Crippen LogP contribution in [0, 0.1) is 0 Å². The molecule has 1 heterocycles. The van der Waals surface area contributed by atoms with Crippen LogP contribution in [0.4, 0.5) is 17.1 Å². The second-order valence-corrected chi connectivity index (χ2v) is 8.20. The van der Waals surface area contributed by atoms with Crippen LogP contribution in [-0.4, -0.2) is 42.0 Å². The zero-order valence-electron chi connectivity index (χ0n) is 19.9. The van der Waals surface area contributed by atoms with Crippen LogP contribution in [0.25, 0.3) is 0 Å². The highest BCUT2D eigenvalue weighted by Gasteiger charge is 2.37. The summed E-state index contributed by atoms with van der Waals surface area (Å²) in [5.41, 5.74) is 1.74.